The fourth-order valence-corrected chi connectivity index (χ4v) is 1.74. The molecule has 0 radical (unpaired) electrons. The van der Waals surface area contributed by atoms with Crippen molar-refractivity contribution < 1.29 is 0 Å². The van der Waals surface area contributed by atoms with Crippen molar-refractivity contribution in [2.75, 3.05) is 16.8 Å². The van der Waals surface area contributed by atoms with E-state index in [0.29, 0.717) is 11.4 Å². The lowest BCUT2D eigenvalue weighted by Gasteiger charge is -2.06. The standard InChI is InChI=1S/C10H11N3S/c11-9-2-1-7(5-10(9)12)13-8-3-4-14-6-8/h1-6,13H,11-12H2. The first kappa shape index (κ1) is 8.90. The van der Waals surface area contributed by atoms with E-state index in [9.17, 15) is 0 Å². The number of rotatable bonds is 2. The summed E-state index contributed by atoms with van der Waals surface area (Å²) in [5.41, 5.74) is 14.5. The van der Waals surface area contributed by atoms with Gasteiger partial charge in [-0.2, -0.15) is 11.3 Å². The van der Waals surface area contributed by atoms with Crippen LogP contribution in [0.25, 0.3) is 0 Å². The van der Waals surface area contributed by atoms with Gasteiger partial charge in [-0.3, -0.25) is 0 Å². The molecule has 0 unspecified atom stereocenters. The Morgan fingerprint density at radius 1 is 1.00 bits per heavy atom. The van der Waals surface area contributed by atoms with Gasteiger partial charge in [0.25, 0.3) is 0 Å². The van der Waals surface area contributed by atoms with Crippen molar-refractivity contribution >= 4 is 34.1 Å². The van der Waals surface area contributed by atoms with Gasteiger partial charge in [-0.1, -0.05) is 0 Å². The molecule has 3 nitrogen and oxygen atoms in total. The second-order valence-corrected chi connectivity index (χ2v) is 3.76. The zero-order chi connectivity index (χ0) is 9.97. The molecule has 0 aliphatic heterocycles. The Bertz CT molecular complexity index is 423. The minimum atomic E-state index is 0.602. The first-order chi connectivity index (χ1) is 6.75. The van der Waals surface area contributed by atoms with E-state index in [1.54, 1.807) is 17.4 Å². The van der Waals surface area contributed by atoms with Crippen LogP contribution < -0.4 is 16.8 Å². The maximum atomic E-state index is 5.69. The van der Waals surface area contributed by atoms with Crippen molar-refractivity contribution in [2.45, 2.75) is 0 Å². The highest BCUT2D eigenvalue weighted by Gasteiger charge is 1.97. The SMILES string of the molecule is Nc1ccc(Nc2ccsc2)cc1N. The lowest BCUT2D eigenvalue weighted by molar-refractivity contribution is 1.58. The van der Waals surface area contributed by atoms with Crippen molar-refractivity contribution in [1.29, 1.82) is 0 Å². The lowest BCUT2D eigenvalue weighted by Crippen LogP contribution is -1.96. The minimum absolute atomic E-state index is 0.602. The van der Waals surface area contributed by atoms with Gasteiger partial charge in [-0.25, -0.2) is 0 Å². The molecule has 14 heavy (non-hydrogen) atoms. The van der Waals surface area contributed by atoms with Crippen LogP contribution in [0.5, 0.6) is 0 Å². The summed E-state index contributed by atoms with van der Waals surface area (Å²) in [5.74, 6) is 0. The van der Waals surface area contributed by atoms with Crippen LogP contribution in [-0.2, 0) is 0 Å². The van der Waals surface area contributed by atoms with Crippen LogP contribution in [0.1, 0.15) is 0 Å². The molecule has 0 spiro atoms. The number of thiophene rings is 1. The summed E-state index contributed by atoms with van der Waals surface area (Å²) in [6.45, 7) is 0. The molecule has 1 aromatic carbocycles. The van der Waals surface area contributed by atoms with Crippen LogP contribution in [0, 0.1) is 0 Å². The Balaban J connectivity index is 2.22. The largest absolute Gasteiger partial charge is 0.397 e. The number of benzene rings is 1. The highest BCUT2D eigenvalue weighted by molar-refractivity contribution is 7.08. The molecular formula is C10H11N3S. The number of nitrogen functional groups attached to an aromatic ring is 2. The first-order valence-corrected chi connectivity index (χ1v) is 5.14. The van der Waals surface area contributed by atoms with Crippen molar-refractivity contribution in [3.05, 3.63) is 35.0 Å². The summed E-state index contributed by atoms with van der Waals surface area (Å²) in [7, 11) is 0. The van der Waals surface area contributed by atoms with Gasteiger partial charge in [-0.15, -0.1) is 0 Å². The highest BCUT2D eigenvalue weighted by Crippen LogP contribution is 2.23. The van der Waals surface area contributed by atoms with E-state index in [4.69, 9.17) is 11.5 Å². The maximum Gasteiger partial charge on any atom is 0.0568 e. The van der Waals surface area contributed by atoms with E-state index in [2.05, 4.69) is 5.32 Å². The second kappa shape index (κ2) is 3.59. The minimum Gasteiger partial charge on any atom is -0.397 e. The molecule has 72 valence electrons. The van der Waals surface area contributed by atoms with Crippen molar-refractivity contribution in [3.63, 3.8) is 0 Å². The molecule has 2 aromatic rings. The average Bonchev–Trinajstić information content (AvgIpc) is 2.64. The summed E-state index contributed by atoms with van der Waals surface area (Å²) >= 11 is 1.65. The Labute approximate surface area is 86.4 Å². The molecule has 0 aliphatic rings. The van der Waals surface area contributed by atoms with E-state index < -0.39 is 0 Å². The third-order valence-corrected chi connectivity index (χ3v) is 2.58. The molecule has 0 saturated carbocycles. The molecule has 2 rings (SSSR count). The Morgan fingerprint density at radius 2 is 1.86 bits per heavy atom. The van der Waals surface area contributed by atoms with Gasteiger partial charge in [0.05, 0.1) is 11.4 Å². The zero-order valence-corrected chi connectivity index (χ0v) is 8.34. The van der Waals surface area contributed by atoms with Crippen molar-refractivity contribution in [2.24, 2.45) is 0 Å². The van der Waals surface area contributed by atoms with Crippen LogP contribution in [-0.4, -0.2) is 0 Å². The lowest BCUT2D eigenvalue weighted by atomic mass is 10.2. The van der Waals surface area contributed by atoms with Crippen LogP contribution in [0.3, 0.4) is 0 Å². The molecule has 0 atom stereocenters. The van der Waals surface area contributed by atoms with Gasteiger partial charge in [-0.05, 0) is 29.6 Å². The molecule has 1 heterocycles. The first-order valence-electron chi connectivity index (χ1n) is 4.20. The van der Waals surface area contributed by atoms with Gasteiger partial charge >= 0.3 is 0 Å². The Hall–Kier alpha value is -1.68. The number of nitrogens with two attached hydrogens (primary N) is 2. The quantitative estimate of drug-likeness (QED) is 0.660. The van der Waals surface area contributed by atoms with Gasteiger partial charge in [0.15, 0.2) is 0 Å². The van der Waals surface area contributed by atoms with Gasteiger partial charge in [0, 0.05) is 16.8 Å². The molecule has 5 N–H and O–H groups in total. The molecule has 0 saturated heterocycles. The fraction of sp³-hybridized carbons (Fsp3) is 0. The number of hydrogen-bond acceptors (Lipinski definition) is 4. The maximum absolute atomic E-state index is 5.69. The number of anilines is 4. The highest BCUT2D eigenvalue weighted by atomic mass is 32.1. The summed E-state index contributed by atoms with van der Waals surface area (Å²) in [6.07, 6.45) is 0. The Kier molecular flexibility index (Phi) is 2.28. The molecule has 0 fully saturated rings. The van der Waals surface area contributed by atoms with E-state index in [1.165, 1.54) is 0 Å². The molecular weight excluding hydrogens is 194 g/mol. The average molecular weight is 205 g/mol. The van der Waals surface area contributed by atoms with Crippen LogP contribution in [0.4, 0.5) is 22.7 Å². The van der Waals surface area contributed by atoms with Crippen molar-refractivity contribution in [3.8, 4) is 0 Å². The summed E-state index contributed by atoms with van der Waals surface area (Å²) in [6, 6.07) is 7.54. The normalized spacial score (nSPS) is 10.0. The van der Waals surface area contributed by atoms with Gasteiger partial charge < -0.3 is 16.8 Å². The molecule has 0 amide bonds. The van der Waals surface area contributed by atoms with Crippen LogP contribution >= 0.6 is 11.3 Å². The van der Waals surface area contributed by atoms with E-state index in [-0.39, 0.29) is 0 Å². The smallest absolute Gasteiger partial charge is 0.0568 e. The monoisotopic (exact) mass is 205 g/mol. The fourth-order valence-electron chi connectivity index (χ4n) is 1.15. The predicted octanol–water partition coefficient (Wildman–Crippen LogP) is 2.66. The summed E-state index contributed by atoms with van der Waals surface area (Å²) in [5, 5.41) is 7.28. The van der Waals surface area contributed by atoms with E-state index in [0.717, 1.165) is 11.4 Å². The summed E-state index contributed by atoms with van der Waals surface area (Å²) < 4.78 is 0. The van der Waals surface area contributed by atoms with E-state index in [1.807, 2.05) is 29.0 Å². The third kappa shape index (κ3) is 1.80. The summed E-state index contributed by atoms with van der Waals surface area (Å²) in [4.78, 5) is 0. The molecule has 4 heteroatoms. The topological polar surface area (TPSA) is 64.1 Å². The second-order valence-electron chi connectivity index (χ2n) is 2.98. The Morgan fingerprint density at radius 3 is 2.50 bits per heavy atom. The van der Waals surface area contributed by atoms with Gasteiger partial charge in [0.1, 0.15) is 0 Å². The molecule has 1 aromatic heterocycles. The molecule has 0 bridgehead atoms. The van der Waals surface area contributed by atoms with Crippen LogP contribution in [0.15, 0.2) is 35.0 Å². The zero-order valence-electron chi connectivity index (χ0n) is 7.53. The van der Waals surface area contributed by atoms with Gasteiger partial charge in [0.2, 0.25) is 0 Å². The number of nitrogens with one attached hydrogen (secondary N) is 1. The van der Waals surface area contributed by atoms with E-state index >= 15 is 0 Å². The molecule has 0 aliphatic carbocycles. The van der Waals surface area contributed by atoms with Crippen LogP contribution in [0.2, 0.25) is 0 Å². The number of hydrogen-bond donors (Lipinski definition) is 3. The van der Waals surface area contributed by atoms with Crippen molar-refractivity contribution in [1.82, 2.24) is 0 Å². The third-order valence-electron chi connectivity index (χ3n) is 1.90. The predicted molar refractivity (Wildman–Crippen MR) is 62.9 cm³/mol.